The van der Waals surface area contributed by atoms with Gasteiger partial charge >= 0.3 is 0 Å². The molecule has 3 aromatic carbocycles. The average molecular weight is 607 g/mol. The average Bonchev–Trinajstić information content (AvgIpc) is 2.94. The van der Waals surface area contributed by atoms with Crippen LogP contribution in [0.25, 0.3) is 0 Å². The fourth-order valence-corrected chi connectivity index (χ4v) is 5.77. The Balaban J connectivity index is 2.02. The van der Waals surface area contributed by atoms with Gasteiger partial charge in [-0.3, -0.25) is 13.9 Å². The molecule has 1 N–H and O–H groups in total. The maximum absolute atomic E-state index is 13.9. The van der Waals surface area contributed by atoms with Gasteiger partial charge in [-0.1, -0.05) is 61.3 Å². The molecule has 0 fully saturated rings. The second kappa shape index (κ2) is 13.9. The van der Waals surface area contributed by atoms with E-state index in [1.54, 1.807) is 67.6 Å². The summed E-state index contributed by atoms with van der Waals surface area (Å²) >= 11 is 12.5. The van der Waals surface area contributed by atoms with E-state index >= 15 is 0 Å². The van der Waals surface area contributed by atoms with Crippen molar-refractivity contribution in [3.63, 3.8) is 0 Å². The lowest BCUT2D eigenvalue weighted by molar-refractivity contribution is -0.139. The topological polar surface area (TPSA) is 96.0 Å². The first kappa shape index (κ1) is 31.3. The molecule has 0 aliphatic rings. The van der Waals surface area contributed by atoms with E-state index in [1.807, 2.05) is 13.8 Å². The summed E-state index contributed by atoms with van der Waals surface area (Å²) < 4.78 is 33.8. The molecular formula is C29H33Cl2N3O5S. The highest BCUT2D eigenvalue weighted by Gasteiger charge is 2.32. The molecule has 3 rings (SSSR count). The normalized spacial score (nSPS) is 12.1. The third-order valence-corrected chi connectivity index (χ3v) is 8.55. The van der Waals surface area contributed by atoms with E-state index in [9.17, 15) is 18.0 Å². The molecular weight excluding hydrogens is 573 g/mol. The number of hydrogen-bond acceptors (Lipinski definition) is 5. The second-order valence-corrected chi connectivity index (χ2v) is 12.3. The molecule has 0 bridgehead atoms. The van der Waals surface area contributed by atoms with E-state index < -0.39 is 28.5 Å². The van der Waals surface area contributed by atoms with Gasteiger partial charge in [0.2, 0.25) is 11.8 Å². The molecule has 0 heterocycles. The van der Waals surface area contributed by atoms with Crippen molar-refractivity contribution in [3.05, 3.63) is 88.4 Å². The number of halogens is 2. The van der Waals surface area contributed by atoms with E-state index in [2.05, 4.69) is 5.32 Å². The Kier molecular flexibility index (Phi) is 10.8. The predicted octanol–water partition coefficient (Wildman–Crippen LogP) is 5.39. The van der Waals surface area contributed by atoms with Crippen LogP contribution in [-0.4, -0.2) is 51.4 Å². The van der Waals surface area contributed by atoms with Crippen LogP contribution in [0, 0.1) is 5.92 Å². The van der Waals surface area contributed by atoms with Crippen molar-refractivity contribution >= 4 is 50.7 Å². The first-order chi connectivity index (χ1) is 18.9. The highest BCUT2D eigenvalue weighted by molar-refractivity contribution is 7.92. The van der Waals surface area contributed by atoms with Gasteiger partial charge in [-0.25, -0.2) is 8.42 Å². The second-order valence-electron chi connectivity index (χ2n) is 9.60. The van der Waals surface area contributed by atoms with Crippen LogP contribution < -0.4 is 14.4 Å². The fraction of sp³-hybridized carbons (Fsp3) is 0.310. The van der Waals surface area contributed by atoms with Crippen LogP contribution in [0.2, 0.25) is 10.0 Å². The molecule has 0 aliphatic heterocycles. The van der Waals surface area contributed by atoms with Crippen LogP contribution in [0.15, 0.2) is 77.7 Å². The summed E-state index contributed by atoms with van der Waals surface area (Å²) in [6, 6.07) is 18.1. The highest BCUT2D eigenvalue weighted by atomic mass is 35.5. The van der Waals surface area contributed by atoms with Crippen LogP contribution in [0.1, 0.15) is 26.3 Å². The molecule has 0 aromatic heterocycles. The molecule has 0 radical (unpaired) electrons. The SMILES string of the molecule is COc1ccc(N(CC(=O)N(Cc2ccc(Cl)cc2Cl)C(C)C(=O)NCC(C)C)S(=O)(=O)c2ccccc2)cc1. The van der Waals surface area contributed by atoms with Gasteiger partial charge in [0.1, 0.15) is 18.3 Å². The first-order valence-corrected chi connectivity index (χ1v) is 14.9. The third kappa shape index (κ3) is 7.90. The zero-order valence-corrected chi connectivity index (χ0v) is 25.1. The summed E-state index contributed by atoms with van der Waals surface area (Å²) in [5.74, 6) is -0.225. The minimum absolute atomic E-state index is 0.0219. The van der Waals surface area contributed by atoms with Crippen LogP contribution in [-0.2, 0) is 26.2 Å². The Hall–Kier alpha value is -3.27. The van der Waals surface area contributed by atoms with Crippen LogP contribution >= 0.6 is 23.2 Å². The fourth-order valence-electron chi connectivity index (χ4n) is 3.87. The molecule has 11 heteroatoms. The smallest absolute Gasteiger partial charge is 0.264 e. The number of nitrogens with zero attached hydrogens (tertiary/aromatic N) is 2. The minimum Gasteiger partial charge on any atom is -0.497 e. The van der Waals surface area contributed by atoms with E-state index in [1.165, 1.54) is 24.1 Å². The number of rotatable bonds is 12. The molecule has 1 unspecified atom stereocenters. The Morgan fingerprint density at radius 2 is 1.60 bits per heavy atom. The van der Waals surface area contributed by atoms with Gasteiger partial charge in [-0.15, -0.1) is 0 Å². The number of carbonyl (C=O) groups excluding carboxylic acids is 2. The summed E-state index contributed by atoms with van der Waals surface area (Å²) in [5, 5.41) is 3.60. The van der Waals surface area contributed by atoms with Crippen LogP contribution in [0.4, 0.5) is 5.69 Å². The number of benzene rings is 3. The van der Waals surface area contributed by atoms with Gasteiger partial charge in [0.05, 0.1) is 17.7 Å². The predicted molar refractivity (Wildman–Crippen MR) is 158 cm³/mol. The monoisotopic (exact) mass is 605 g/mol. The van der Waals surface area contributed by atoms with Gasteiger partial charge in [-0.05, 0) is 66.9 Å². The number of methoxy groups -OCH3 is 1. The van der Waals surface area contributed by atoms with Gasteiger partial charge in [0.15, 0.2) is 0 Å². The van der Waals surface area contributed by atoms with Crippen molar-refractivity contribution in [1.29, 1.82) is 0 Å². The Morgan fingerprint density at radius 1 is 0.950 bits per heavy atom. The lowest BCUT2D eigenvalue weighted by Crippen LogP contribution is -2.51. The summed E-state index contributed by atoms with van der Waals surface area (Å²) in [4.78, 5) is 28.3. The van der Waals surface area contributed by atoms with Crippen molar-refractivity contribution in [1.82, 2.24) is 10.2 Å². The Bertz CT molecular complexity index is 1420. The highest BCUT2D eigenvalue weighted by Crippen LogP contribution is 2.27. The maximum Gasteiger partial charge on any atom is 0.264 e. The van der Waals surface area contributed by atoms with Crippen molar-refractivity contribution in [2.75, 3.05) is 24.5 Å². The zero-order chi connectivity index (χ0) is 29.4. The molecule has 0 saturated heterocycles. The lowest BCUT2D eigenvalue weighted by atomic mass is 10.1. The zero-order valence-electron chi connectivity index (χ0n) is 22.8. The van der Waals surface area contributed by atoms with Gasteiger partial charge in [0, 0.05) is 23.1 Å². The van der Waals surface area contributed by atoms with Crippen molar-refractivity contribution in [2.24, 2.45) is 5.92 Å². The minimum atomic E-state index is -4.16. The van der Waals surface area contributed by atoms with Gasteiger partial charge in [-0.2, -0.15) is 0 Å². The van der Waals surface area contributed by atoms with Crippen LogP contribution in [0.5, 0.6) is 5.75 Å². The third-order valence-electron chi connectivity index (χ3n) is 6.18. The van der Waals surface area contributed by atoms with E-state index in [0.717, 1.165) is 4.31 Å². The molecule has 0 aliphatic carbocycles. The lowest BCUT2D eigenvalue weighted by Gasteiger charge is -2.32. The number of carbonyl (C=O) groups is 2. The number of amides is 2. The number of sulfonamides is 1. The summed E-state index contributed by atoms with van der Waals surface area (Å²) in [6.45, 7) is 5.35. The van der Waals surface area contributed by atoms with Crippen LogP contribution in [0.3, 0.4) is 0 Å². The van der Waals surface area contributed by atoms with Gasteiger partial charge in [0.25, 0.3) is 10.0 Å². The summed E-state index contributed by atoms with van der Waals surface area (Å²) in [5.41, 5.74) is 0.823. The standard InChI is InChI=1S/C29H33Cl2N3O5S/c1-20(2)17-32-29(36)21(3)33(18-22-10-11-23(30)16-27(22)31)28(35)19-34(24-12-14-25(39-4)15-13-24)40(37,38)26-8-6-5-7-9-26/h5-16,20-21H,17-19H2,1-4H3,(H,32,36). The molecule has 8 nitrogen and oxygen atoms in total. The number of hydrogen-bond donors (Lipinski definition) is 1. The Morgan fingerprint density at radius 3 is 2.17 bits per heavy atom. The van der Waals surface area contributed by atoms with Crippen molar-refractivity contribution in [3.8, 4) is 5.75 Å². The van der Waals surface area contributed by atoms with Gasteiger partial charge < -0.3 is 15.0 Å². The molecule has 3 aromatic rings. The van der Waals surface area contributed by atoms with E-state index in [4.69, 9.17) is 27.9 Å². The molecule has 2 amide bonds. The maximum atomic E-state index is 13.9. The first-order valence-electron chi connectivity index (χ1n) is 12.7. The molecule has 0 spiro atoms. The molecule has 1 atom stereocenters. The summed E-state index contributed by atoms with van der Waals surface area (Å²) in [6.07, 6.45) is 0. The largest absolute Gasteiger partial charge is 0.497 e. The van der Waals surface area contributed by atoms with E-state index in [0.29, 0.717) is 27.9 Å². The Labute approximate surface area is 245 Å². The summed E-state index contributed by atoms with van der Waals surface area (Å²) in [7, 11) is -2.65. The quantitative estimate of drug-likeness (QED) is 0.299. The van der Waals surface area contributed by atoms with Crippen molar-refractivity contribution < 1.29 is 22.7 Å². The number of nitrogens with one attached hydrogen (secondary N) is 1. The molecule has 214 valence electrons. The molecule has 0 saturated carbocycles. The van der Waals surface area contributed by atoms with E-state index in [-0.39, 0.29) is 29.0 Å². The molecule has 40 heavy (non-hydrogen) atoms. The number of anilines is 1. The van der Waals surface area contributed by atoms with Crippen molar-refractivity contribution in [2.45, 2.75) is 38.3 Å². The number of ether oxygens (including phenoxy) is 1.